The predicted molar refractivity (Wildman–Crippen MR) is 135 cm³/mol. The number of aliphatic hydroxyl groups excluding tert-OH is 1. The summed E-state index contributed by atoms with van der Waals surface area (Å²) in [7, 11) is 0. The van der Waals surface area contributed by atoms with Crippen LogP contribution in [0.4, 0.5) is 5.82 Å². The van der Waals surface area contributed by atoms with Gasteiger partial charge in [0.1, 0.15) is 6.23 Å². The molecule has 178 valence electrons. The maximum Gasteiger partial charge on any atom is 0.226 e. The molecule has 1 aliphatic rings. The van der Waals surface area contributed by atoms with Crippen molar-refractivity contribution in [3.8, 4) is 0 Å². The first-order chi connectivity index (χ1) is 16.7. The maximum atomic E-state index is 9.39. The minimum absolute atomic E-state index is 0.00599. The Morgan fingerprint density at radius 1 is 1.03 bits per heavy atom. The average Bonchev–Trinajstić information content (AvgIpc) is 3.53. The highest BCUT2D eigenvalue weighted by Crippen LogP contribution is 2.32. The fourth-order valence-corrected chi connectivity index (χ4v) is 4.41. The Labute approximate surface area is 204 Å². The zero-order chi connectivity index (χ0) is 23.9. The fourth-order valence-electron chi connectivity index (χ4n) is 4.25. The fraction of sp³-hybridized carbons (Fsp3) is 0.346. The minimum atomic E-state index is -0.225. The van der Waals surface area contributed by atoms with E-state index in [2.05, 4.69) is 44.5 Å². The van der Waals surface area contributed by atoms with Gasteiger partial charge >= 0.3 is 0 Å². The first-order valence-corrected chi connectivity index (χ1v) is 12.1. The number of hydrogen-bond acceptors (Lipinski definition) is 6. The highest BCUT2D eigenvalue weighted by molar-refractivity contribution is 6.28. The molecule has 2 aromatic carbocycles. The Morgan fingerprint density at radius 2 is 1.68 bits per heavy atom. The van der Waals surface area contributed by atoms with Crippen LogP contribution in [0.3, 0.4) is 0 Å². The van der Waals surface area contributed by atoms with Gasteiger partial charge in [-0.1, -0.05) is 74.5 Å². The quantitative estimate of drug-likeness (QED) is 0.344. The smallest absolute Gasteiger partial charge is 0.226 e. The Balaban J connectivity index is 0.00000133. The largest absolute Gasteiger partial charge is 0.394 e. The summed E-state index contributed by atoms with van der Waals surface area (Å²) in [6, 6.07) is 20.8. The molecule has 1 aliphatic heterocycles. The number of imidazole rings is 1. The van der Waals surface area contributed by atoms with Gasteiger partial charge in [0.15, 0.2) is 17.0 Å². The van der Waals surface area contributed by atoms with Crippen LogP contribution < -0.4 is 5.32 Å². The summed E-state index contributed by atoms with van der Waals surface area (Å²) in [5.41, 5.74) is 3.68. The molecular weight excluding hydrogens is 450 g/mol. The van der Waals surface area contributed by atoms with Crippen molar-refractivity contribution >= 4 is 28.6 Å². The summed E-state index contributed by atoms with van der Waals surface area (Å²) in [4.78, 5) is 13.4. The number of aliphatic hydroxyl groups is 1. The molecule has 7 nitrogen and oxygen atoms in total. The predicted octanol–water partition coefficient (Wildman–Crippen LogP) is 5.42. The van der Waals surface area contributed by atoms with Crippen LogP contribution in [0.5, 0.6) is 0 Å². The minimum Gasteiger partial charge on any atom is -0.394 e. The molecule has 2 N–H and O–H groups in total. The van der Waals surface area contributed by atoms with Crippen molar-refractivity contribution in [3.05, 3.63) is 83.4 Å². The third-order valence-corrected chi connectivity index (χ3v) is 6.04. The number of hydrogen-bond donors (Lipinski definition) is 2. The number of anilines is 1. The van der Waals surface area contributed by atoms with Crippen molar-refractivity contribution < 1.29 is 9.84 Å². The van der Waals surface area contributed by atoms with Crippen LogP contribution in [0.25, 0.3) is 11.2 Å². The van der Waals surface area contributed by atoms with E-state index < -0.39 is 0 Å². The first-order valence-electron chi connectivity index (χ1n) is 11.7. The Kier molecular flexibility index (Phi) is 8.11. The molecule has 0 saturated carbocycles. The Morgan fingerprint density at radius 3 is 2.26 bits per heavy atom. The average molecular weight is 480 g/mol. The van der Waals surface area contributed by atoms with Crippen molar-refractivity contribution in [2.45, 2.75) is 44.9 Å². The van der Waals surface area contributed by atoms with E-state index in [4.69, 9.17) is 16.3 Å². The molecule has 34 heavy (non-hydrogen) atoms. The van der Waals surface area contributed by atoms with Gasteiger partial charge in [-0.05, 0) is 35.6 Å². The van der Waals surface area contributed by atoms with E-state index in [0.29, 0.717) is 23.5 Å². The summed E-state index contributed by atoms with van der Waals surface area (Å²) in [5, 5.41) is 13.0. The van der Waals surface area contributed by atoms with E-state index in [1.54, 1.807) is 6.33 Å². The van der Waals surface area contributed by atoms with Crippen LogP contribution in [-0.4, -0.2) is 43.9 Å². The summed E-state index contributed by atoms with van der Waals surface area (Å²) in [6.45, 7) is 4.63. The maximum absolute atomic E-state index is 9.39. The number of halogens is 1. The van der Waals surface area contributed by atoms with Crippen LogP contribution in [-0.2, 0) is 4.74 Å². The molecule has 4 aromatic rings. The second-order valence-corrected chi connectivity index (χ2v) is 8.23. The number of aromatic nitrogens is 4. The van der Waals surface area contributed by atoms with E-state index in [-0.39, 0.29) is 30.1 Å². The number of fused-ring (bicyclic) bond motifs is 1. The molecule has 8 heteroatoms. The Bertz CT molecular complexity index is 1150. The van der Waals surface area contributed by atoms with Gasteiger partial charge in [-0.25, -0.2) is 4.98 Å². The van der Waals surface area contributed by atoms with Crippen LogP contribution in [0.1, 0.15) is 50.0 Å². The molecule has 0 radical (unpaired) electrons. The lowest BCUT2D eigenvalue weighted by atomic mass is 9.91. The third kappa shape index (κ3) is 5.22. The van der Waals surface area contributed by atoms with Crippen LogP contribution in [0, 0.1) is 0 Å². The lowest BCUT2D eigenvalue weighted by Crippen LogP contribution is -2.16. The molecule has 3 heterocycles. The zero-order valence-corrected chi connectivity index (χ0v) is 20.2. The second-order valence-electron chi connectivity index (χ2n) is 7.89. The molecule has 1 fully saturated rings. The van der Waals surface area contributed by atoms with Crippen LogP contribution in [0.15, 0.2) is 67.0 Å². The van der Waals surface area contributed by atoms with Gasteiger partial charge < -0.3 is 15.2 Å². The van der Waals surface area contributed by atoms with Crippen molar-refractivity contribution in [2.24, 2.45) is 0 Å². The topological polar surface area (TPSA) is 85.1 Å². The molecular formula is C26H30ClN5O2. The van der Waals surface area contributed by atoms with E-state index in [9.17, 15) is 5.11 Å². The summed E-state index contributed by atoms with van der Waals surface area (Å²) in [6.07, 6.45) is 2.89. The molecule has 2 aromatic heterocycles. The second kappa shape index (κ2) is 11.4. The molecule has 0 spiro atoms. The van der Waals surface area contributed by atoms with Crippen LogP contribution >= 0.6 is 11.6 Å². The Hall–Kier alpha value is -3.00. The van der Waals surface area contributed by atoms with E-state index >= 15 is 0 Å². The molecule has 0 amide bonds. The molecule has 0 aliphatic carbocycles. The number of nitrogens with zero attached hydrogens (tertiary/aromatic N) is 4. The lowest BCUT2D eigenvalue weighted by molar-refractivity contribution is -0.0207. The van der Waals surface area contributed by atoms with Crippen molar-refractivity contribution in [3.63, 3.8) is 0 Å². The molecule has 5 rings (SSSR count). The number of ether oxygens (including phenoxy) is 1. The van der Waals surface area contributed by atoms with Gasteiger partial charge in [0.05, 0.1) is 19.0 Å². The highest BCUT2D eigenvalue weighted by Gasteiger charge is 2.28. The molecule has 0 bridgehead atoms. The third-order valence-electron chi connectivity index (χ3n) is 5.87. The standard InChI is InChI=1S/C24H24ClN5O2.C2H6/c25-24-28-22(21-23(29-24)30(15-27-21)20-12-11-18(14-31)32-20)26-13-19(16-7-3-1-4-8-16)17-9-5-2-6-10-17;1-2/h1-10,15,18-20,31H,11-14H2,(H,26,28,29);1-2H3/t18-,20+;/m0./s1. The first kappa shape index (κ1) is 24.1. The van der Waals surface area contributed by atoms with Crippen LogP contribution in [0.2, 0.25) is 5.28 Å². The van der Waals surface area contributed by atoms with E-state index in [0.717, 1.165) is 12.8 Å². The van der Waals surface area contributed by atoms with Gasteiger partial charge in [0.25, 0.3) is 0 Å². The van der Waals surface area contributed by atoms with Crippen molar-refractivity contribution in [1.29, 1.82) is 0 Å². The number of benzene rings is 2. The van der Waals surface area contributed by atoms with Gasteiger partial charge in [-0.2, -0.15) is 9.97 Å². The van der Waals surface area contributed by atoms with Crippen molar-refractivity contribution in [2.75, 3.05) is 18.5 Å². The normalized spacial score (nSPS) is 17.6. The van der Waals surface area contributed by atoms with E-state index in [1.165, 1.54) is 11.1 Å². The summed E-state index contributed by atoms with van der Waals surface area (Å²) in [5.74, 6) is 0.721. The zero-order valence-electron chi connectivity index (χ0n) is 19.4. The molecule has 2 atom stereocenters. The van der Waals surface area contributed by atoms with Gasteiger partial charge in [-0.3, -0.25) is 4.57 Å². The monoisotopic (exact) mass is 479 g/mol. The van der Waals surface area contributed by atoms with E-state index in [1.807, 2.05) is 54.8 Å². The summed E-state index contributed by atoms with van der Waals surface area (Å²) < 4.78 is 7.78. The van der Waals surface area contributed by atoms with Gasteiger partial charge in [-0.15, -0.1) is 0 Å². The molecule has 0 unspecified atom stereocenters. The number of nitrogens with one attached hydrogen (secondary N) is 1. The SMILES string of the molecule is CC.OC[C@@H]1CC[C@H](n2cnc3c(NCC(c4ccccc4)c4ccccc4)nc(Cl)nc32)O1. The van der Waals surface area contributed by atoms with Gasteiger partial charge in [0.2, 0.25) is 5.28 Å². The lowest BCUT2D eigenvalue weighted by Gasteiger charge is -2.19. The highest BCUT2D eigenvalue weighted by atomic mass is 35.5. The molecule has 1 saturated heterocycles. The number of rotatable bonds is 7. The van der Waals surface area contributed by atoms with Gasteiger partial charge in [0, 0.05) is 12.5 Å². The summed E-state index contributed by atoms with van der Waals surface area (Å²) >= 11 is 6.28. The van der Waals surface area contributed by atoms with Crippen molar-refractivity contribution in [1.82, 2.24) is 19.5 Å².